The van der Waals surface area contributed by atoms with Gasteiger partial charge >= 0.3 is 6.09 Å². The Labute approximate surface area is 141 Å². The van der Waals surface area contributed by atoms with E-state index in [0.29, 0.717) is 18.6 Å². The van der Waals surface area contributed by atoms with E-state index in [4.69, 9.17) is 4.52 Å². The number of hydrogen-bond donors (Lipinski definition) is 4. The van der Waals surface area contributed by atoms with Crippen LogP contribution in [0.4, 0.5) is 4.79 Å². The summed E-state index contributed by atoms with van der Waals surface area (Å²) in [7, 11) is 0. The number of rotatable bonds is 8. The summed E-state index contributed by atoms with van der Waals surface area (Å²) in [6.45, 7) is 7.42. The summed E-state index contributed by atoms with van der Waals surface area (Å²) < 4.78 is 4.89. The minimum atomic E-state index is -1.54. The third-order valence-corrected chi connectivity index (χ3v) is 4.24. The van der Waals surface area contributed by atoms with Crippen LogP contribution in [0.2, 0.25) is 0 Å². The molecule has 1 aromatic rings. The van der Waals surface area contributed by atoms with Crippen LogP contribution in [0.5, 0.6) is 0 Å². The van der Waals surface area contributed by atoms with E-state index in [1.165, 1.54) is 6.20 Å². The number of unbranched alkanes of at least 4 members (excludes halogenated alkanes) is 1. The number of aromatic nitrogens is 1. The molecule has 0 fully saturated rings. The van der Waals surface area contributed by atoms with Gasteiger partial charge in [-0.2, -0.15) is 0 Å². The van der Waals surface area contributed by atoms with Gasteiger partial charge in [0.05, 0.1) is 18.3 Å². The number of carbonyl (C=O) groups is 2. The van der Waals surface area contributed by atoms with E-state index in [1.54, 1.807) is 26.8 Å². The van der Waals surface area contributed by atoms with E-state index in [0.717, 1.165) is 6.42 Å². The molecule has 2 amide bonds. The summed E-state index contributed by atoms with van der Waals surface area (Å²) >= 11 is 0. The Kier molecular flexibility index (Phi) is 6.77. The Morgan fingerprint density at radius 2 is 2.04 bits per heavy atom. The van der Waals surface area contributed by atoms with Crippen molar-refractivity contribution in [2.45, 2.75) is 65.1 Å². The first-order valence-corrected chi connectivity index (χ1v) is 8.00. The van der Waals surface area contributed by atoms with Crippen molar-refractivity contribution in [3.05, 3.63) is 18.0 Å². The topological polar surface area (TPSA) is 125 Å². The highest BCUT2D eigenvalue weighted by atomic mass is 16.5. The van der Waals surface area contributed by atoms with Gasteiger partial charge in [0.1, 0.15) is 0 Å². The number of carbonyl (C=O) groups excluding carboxylic acids is 1. The Morgan fingerprint density at radius 1 is 1.38 bits per heavy atom. The van der Waals surface area contributed by atoms with Crippen LogP contribution in [0.3, 0.4) is 0 Å². The lowest BCUT2D eigenvalue weighted by Gasteiger charge is -2.47. The molecule has 4 N–H and O–H groups in total. The molecule has 0 spiro atoms. The number of carboxylic acid groups (broad SMARTS) is 1. The Morgan fingerprint density at radius 3 is 2.50 bits per heavy atom. The minimum Gasteiger partial charge on any atom is -0.465 e. The van der Waals surface area contributed by atoms with Crippen molar-refractivity contribution < 1.29 is 24.3 Å². The van der Waals surface area contributed by atoms with Gasteiger partial charge in [0.2, 0.25) is 0 Å². The molecule has 0 aliphatic heterocycles. The Hall–Kier alpha value is -2.09. The zero-order chi connectivity index (χ0) is 18.4. The zero-order valence-electron chi connectivity index (χ0n) is 14.6. The number of hydrogen-bond acceptors (Lipinski definition) is 5. The molecule has 0 saturated carbocycles. The van der Waals surface area contributed by atoms with Gasteiger partial charge in [-0.05, 0) is 11.8 Å². The largest absolute Gasteiger partial charge is 0.465 e. The molecule has 0 aliphatic carbocycles. The average molecular weight is 341 g/mol. The Balaban J connectivity index is 3.00. The molecular weight excluding hydrogens is 314 g/mol. The first kappa shape index (κ1) is 20.0. The number of nitrogens with one attached hydrogen (secondary N) is 2. The van der Waals surface area contributed by atoms with E-state index < -0.39 is 29.1 Å². The van der Waals surface area contributed by atoms with E-state index in [1.807, 2.05) is 6.92 Å². The van der Waals surface area contributed by atoms with Gasteiger partial charge in [0, 0.05) is 6.07 Å². The normalized spacial score (nSPS) is 15.4. The molecule has 136 valence electrons. The van der Waals surface area contributed by atoms with Crippen LogP contribution in [-0.2, 0) is 11.3 Å². The molecule has 1 rings (SSSR count). The van der Waals surface area contributed by atoms with Gasteiger partial charge in [0.25, 0.3) is 5.91 Å². The second-order valence-corrected chi connectivity index (χ2v) is 6.85. The van der Waals surface area contributed by atoms with E-state index in [2.05, 4.69) is 15.8 Å². The van der Waals surface area contributed by atoms with Gasteiger partial charge in [-0.3, -0.25) is 4.79 Å². The summed E-state index contributed by atoms with van der Waals surface area (Å²) in [5.41, 5.74) is -1.98. The van der Waals surface area contributed by atoms with E-state index >= 15 is 0 Å². The van der Waals surface area contributed by atoms with Crippen LogP contribution in [0.15, 0.2) is 16.8 Å². The highest BCUT2D eigenvalue weighted by Gasteiger charge is 2.51. The van der Waals surface area contributed by atoms with Crippen molar-refractivity contribution in [3.8, 4) is 0 Å². The molecule has 0 aromatic carbocycles. The minimum absolute atomic E-state index is 0.0664. The molecule has 1 unspecified atom stereocenters. The third-order valence-electron chi connectivity index (χ3n) is 4.24. The molecular formula is C16H27N3O5. The smallest absolute Gasteiger partial charge is 0.405 e. The standard InChI is InChI=1S/C16H27N3O5/c1-5-6-8-16(15(2,3)4,19-14(22)23)12(20)13(21)17-10-11-7-9-18-24-11/h7,9,12,19-20H,5-6,8,10H2,1-4H3,(H,17,21)(H,22,23)/t12-,16?/m1/s1. The SMILES string of the molecule is CCCCC(NC(=O)O)([C@H](O)C(=O)NCc1ccno1)C(C)(C)C. The highest BCUT2D eigenvalue weighted by Crippen LogP contribution is 2.38. The lowest BCUT2D eigenvalue weighted by molar-refractivity contribution is -0.138. The zero-order valence-corrected chi connectivity index (χ0v) is 14.6. The van der Waals surface area contributed by atoms with Crippen molar-refractivity contribution in [1.82, 2.24) is 15.8 Å². The molecule has 0 radical (unpaired) electrons. The summed E-state index contributed by atoms with van der Waals surface area (Å²) in [6, 6.07) is 1.59. The Bertz CT molecular complexity index is 538. The molecule has 1 heterocycles. The van der Waals surface area contributed by atoms with Crippen LogP contribution in [0, 0.1) is 5.41 Å². The quantitative estimate of drug-likeness (QED) is 0.572. The maximum atomic E-state index is 12.4. The molecule has 8 nitrogen and oxygen atoms in total. The maximum Gasteiger partial charge on any atom is 0.405 e. The van der Waals surface area contributed by atoms with Crippen molar-refractivity contribution in [2.24, 2.45) is 5.41 Å². The molecule has 1 aromatic heterocycles. The maximum absolute atomic E-state index is 12.4. The fourth-order valence-electron chi connectivity index (χ4n) is 2.71. The second-order valence-electron chi connectivity index (χ2n) is 6.85. The molecule has 2 atom stereocenters. The number of aliphatic hydroxyl groups excluding tert-OH is 1. The van der Waals surface area contributed by atoms with Gasteiger partial charge in [-0.25, -0.2) is 4.79 Å². The van der Waals surface area contributed by atoms with Crippen LogP contribution < -0.4 is 10.6 Å². The van der Waals surface area contributed by atoms with Crippen LogP contribution >= 0.6 is 0 Å². The number of amides is 2. The fraction of sp³-hybridized carbons (Fsp3) is 0.688. The van der Waals surface area contributed by atoms with Gasteiger partial charge < -0.3 is 25.4 Å². The summed E-state index contributed by atoms with van der Waals surface area (Å²) in [4.78, 5) is 23.7. The van der Waals surface area contributed by atoms with Crippen molar-refractivity contribution in [3.63, 3.8) is 0 Å². The monoisotopic (exact) mass is 341 g/mol. The highest BCUT2D eigenvalue weighted by molar-refractivity contribution is 5.83. The lowest BCUT2D eigenvalue weighted by atomic mass is 9.67. The fourth-order valence-corrected chi connectivity index (χ4v) is 2.71. The molecule has 8 heteroatoms. The van der Waals surface area contributed by atoms with Crippen molar-refractivity contribution in [1.29, 1.82) is 0 Å². The predicted molar refractivity (Wildman–Crippen MR) is 87.2 cm³/mol. The molecule has 24 heavy (non-hydrogen) atoms. The summed E-state index contributed by atoms with van der Waals surface area (Å²) in [5.74, 6) is -0.220. The predicted octanol–water partition coefficient (Wildman–Crippen LogP) is 1.89. The number of nitrogens with zero attached hydrogens (tertiary/aromatic N) is 1. The van der Waals surface area contributed by atoms with Gasteiger partial charge in [0.15, 0.2) is 11.9 Å². The first-order chi connectivity index (χ1) is 11.1. The van der Waals surface area contributed by atoms with Crippen LogP contribution in [0.1, 0.15) is 52.7 Å². The third kappa shape index (κ3) is 4.70. The lowest BCUT2D eigenvalue weighted by Crippen LogP contribution is -2.67. The average Bonchev–Trinajstić information content (AvgIpc) is 3.00. The summed E-state index contributed by atoms with van der Waals surface area (Å²) in [5, 5.41) is 28.4. The van der Waals surface area contributed by atoms with Gasteiger partial charge in [-0.1, -0.05) is 45.7 Å². The van der Waals surface area contributed by atoms with Crippen molar-refractivity contribution in [2.75, 3.05) is 0 Å². The molecule has 0 bridgehead atoms. The second kappa shape index (κ2) is 8.14. The molecule has 0 aliphatic rings. The molecule has 0 saturated heterocycles. The van der Waals surface area contributed by atoms with Crippen molar-refractivity contribution >= 4 is 12.0 Å². The first-order valence-electron chi connectivity index (χ1n) is 8.00. The van der Waals surface area contributed by atoms with Crippen LogP contribution in [-0.4, -0.2) is 39.0 Å². The van der Waals surface area contributed by atoms with Gasteiger partial charge in [-0.15, -0.1) is 0 Å². The summed E-state index contributed by atoms with van der Waals surface area (Å²) in [6.07, 6.45) is 0.460. The van der Waals surface area contributed by atoms with Crippen LogP contribution in [0.25, 0.3) is 0 Å². The van der Waals surface area contributed by atoms with E-state index in [-0.39, 0.29) is 6.54 Å². The van der Waals surface area contributed by atoms with E-state index in [9.17, 15) is 19.8 Å². The number of aliphatic hydroxyl groups is 1.